The van der Waals surface area contributed by atoms with E-state index in [9.17, 15) is 14.4 Å². The fourth-order valence-corrected chi connectivity index (χ4v) is 6.11. The SMILES string of the molecule is Cc1cc(C)cc(N(C(=O)c2snc(C(N)=O)c2N)[C@@H](C(=O)NC2CCCCC2)c2cccs2)c1. The first-order chi connectivity index (χ1) is 16.8. The molecule has 1 aliphatic carbocycles. The molecule has 35 heavy (non-hydrogen) atoms. The second-order valence-corrected chi connectivity index (χ2v) is 10.7. The maximum atomic E-state index is 14.0. The average Bonchev–Trinajstić information content (AvgIpc) is 3.46. The van der Waals surface area contributed by atoms with Crippen molar-refractivity contribution in [3.8, 4) is 0 Å². The van der Waals surface area contributed by atoms with E-state index in [-0.39, 0.29) is 28.2 Å². The molecule has 0 spiro atoms. The molecule has 0 saturated heterocycles. The van der Waals surface area contributed by atoms with Gasteiger partial charge in [-0.3, -0.25) is 19.3 Å². The fourth-order valence-electron chi connectivity index (χ4n) is 4.56. The Morgan fingerprint density at radius 1 is 1.11 bits per heavy atom. The van der Waals surface area contributed by atoms with Crippen LogP contribution in [0, 0.1) is 13.8 Å². The van der Waals surface area contributed by atoms with Crippen LogP contribution >= 0.6 is 22.9 Å². The summed E-state index contributed by atoms with van der Waals surface area (Å²) in [6.45, 7) is 3.88. The lowest BCUT2D eigenvalue weighted by Crippen LogP contribution is -2.47. The maximum Gasteiger partial charge on any atom is 0.273 e. The third-order valence-electron chi connectivity index (χ3n) is 6.13. The Morgan fingerprint density at radius 3 is 2.37 bits per heavy atom. The minimum Gasteiger partial charge on any atom is -0.395 e. The number of hydrogen-bond acceptors (Lipinski definition) is 7. The zero-order valence-corrected chi connectivity index (χ0v) is 21.4. The minimum atomic E-state index is -0.913. The monoisotopic (exact) mass is 511 g/mol. The number of anilines is 2. The highest BCUT2D eigenvalue weighted by Crippen LogP contribution is 2.36. The summed E-state index contributed by atoms with van der Waals surface area (Å²) >= 11 is 2.22. The van der Waals surface area contributed by atoms with Crippen LogP contribution in [0.4, 0.5) is 11.4 Å². The largest absolute Gasteiger partial charge is 0.395 e. The Balaban J connectivity index is 1.82. The van der Waals surface area contributed by atoms with E-state index in [1.54, 1.807) is 0 Å². The van der Waals surface area contributed by atoms with Crippen LogP contribution in [0.2, 0.25) is 0 Å². The van der Waals surface area contributed by atoms with Crippen molar-refractivity contribution in [3.63, 3.8) is 0 Å². The molecule has 8 nitrogen and oxygen atoms in total. The number of nitrogen functional groups attached to an aromatic ring is 1. The first-order valence-electron chi connectivity index (χ1n) is 11.6. The number of nitrogens with one attached hydrogen (secondary N) is 1. The number of aromatic nitrogens is 1. The van der Waals surface area contributed by atoms with Gasteiger partial charge in [0.25, 0.3) is 11.8 Å². The molecule has 184 valence electrons. The number of nitrogens with zero attached hydrogens (tertiary/aromatic N) is 2. The number of benzene rings is 1. The van der Waals surface area contributed by atoms with E-state index in [4.69, 9.17) is 11.5 Å². The molecule has 0 aliphatic heterocycles. The molecule has 10 heteroatoms. The van der Waals surface area contributed by atoms with E-state index in [0.717, 1.165) is 53.2 Å². The Hall–Kier alpha value is -3.24. The molecule has 1 atom stereocenters. The number of rotatable bonds is 7. The topological polar surface area (TPSA) is 131 Å². The van der Waals surface area contributed by atoms with E-state index < -0.39 is 17.9 Å². The molecule has 3 amide bonds. The van der Waals surface area contributed by atoms with Crippen LogP contribution in [0.5, 0.6) is 0 Å². The van der Waals surface area contributed by atoms with Crippen molar-refractivity contribution in [3.05, 3.63) is 62.3 Å². The van der Waals surface area contributed by atoms with Gasteiger partial charge in [0.2, 0.25) is 5.91 Å². The highest BCUT2D eigenvalue weighted by molar-refractivity contribution is 7.10. The predicted octanol–water partition coefficient (Wildman–Crippen LogP) is 4.34. The zero-order valence-electron chi connectivity index (χ0n) is 19.7. The van der Waals surface area contributed by atoms with Gasteiger partial charge in [-0.2, -0.15) is 4.37 Å². The second-order valence-electron chi connectivity index (χ2n) is 8.92. The molecule has 3 aromatic rings. The van der Waals surface area contributed by atoms with E-state index in [2.05, 4.69) is 9.69 Å². The number of amides is 3. The number of thiophene rings is 1. The van der Waals surface area contributed by atoms with Crippen LogP contribution in [-0.2, 0) is 4.79 Å². The average molecular weight is 512 g/mol. The van der Waals surface area contributed by atoms with Gasteiger partial charge in [-0.25, -0.2) is 0 Å². The second kappa shape index (κ2) is 10.6. The van der Waals surface area contributed by atoms with Gasteiger partial charge in [0.15, 0.2) is 11.7 Å². The third-order valence-corrected chi connectivity index (χ3v) is 7.91. The summed E-state index contributed by atoms with van der Waals surface area (Å²) in [6.07, 6.45) is 5.15. The number of hydrogen-bond donors (Lipinski definition) is 3. The number of aryl methyl sites for hydroxylation is 2. The van der Waals surface area contributed by atoms with Gasteiger partial charge >= 0.3 is 0 Å². The van der Waals surface area contributed by atoms with Crippen LogP contribution in [-0.4, -0.2) is 28.1 Å². The molecule has 1 aromatic carbocycles. The fraction of sp³-hybridized carbons (Fsp3) is 0.360. The molecule has 1 aliphatic rings. The summed E-state index contributed by atoms with van der Waals surface area (Å²) in [5.41, 5.74) is 13.8. The van der Waals surface area contributed by atoms with Gasteiger partial charge in [-0.1, -0.05) is 31.4 Å². The van der Waals surface area contributed by atoms with Gasteiger partial charge in [0.1, 0.15) is 4.88 Å². The van der Waals surface area contributed by atoms with Gasteiger partial charge < -0.3 is 16.8 Å². The van der Waals surface area contributed by atoms with Crippen molar-refractivity contribution in [1.29, 1.82) is 0 Å². The van der Waals surface area contributed by atoms with Crippen molar-refractivity contribution >= 4 is 52.0 Å². The first kappa shape index (κ1) is 24.9. The Morgan fingerprint density at radius 2 is 1.80 bits per heavy atom. The van der Waals surface area contributed by atoms with E-state index in [1.165, 1.54) is 22.7 Å². The molecule has 0 unspecified atom stereocenters. The van der Waals surface area contributed by atoms with Crippen molar-refractivity contribution in [2.24, 2.45) is 5.73 Å². The molecule has 4 rings (SSSR count). The van der Waals surface area contributed by atoms with Crippen molar-refractivity contribution < 1.29 is 14.4 Å². The first-order valence-corrected chi connectivity index (χ1v) is 13.2. The molecule has 2 heterocycles. The normalized spacial score (nSPS) is 14.9. The molecule has 1 saturated carbocycles. The molecule has 1 fully saturated rings. The van der Waals surface area contributed by atoms with E-state index in [1.807, 2.05) is 49.6 Å². The van der Waals surface area contributed by atoms with Crippen LogP contribution in [0.15, 0.2) is 35.7 Å². The summed E-state index contributed by atoms with van der Waals surface area (Å²) in [6, 6.07) is 8.60. The quantitative estimate of drug-likeness (QED) is 0.434. The van der Waals surface area contributed by atoms with Crippen LogP contribution in [0.3, 0.4) is 0 Å². The van der Waals surface area contributed by atoms with Crippen molar-refractivity contribution in [1.82, 2.24) is 9.69 Å². The number of primary amides is 1. The smallest absolute Gasteiger partial charge is 0.273 e. The van der Waals surface area contributed by atoms with E-state index in [0.29, 0.717) is 5.69 Å². The lowest BCUT2D eigenvalue weighted by Gasteiger charge is -2.33. The molecular weight excluding hydrogens is 482 g/mol. The van der Waals surface area contributed by atoms with E-state index >= 15 is 0 Å². The Kier molecular flexibility index (Phi) is 7.51. The summed E-state index contributed by atoms with van der Waals surface area (Å²) in [5.74, 6) is -1.56. The molecular formula is C25H29N5O3S2. The standard InChI is InChI=1S/C25H29N5O3S2/c1-14-11-15(2)13-17(12-14)30(25(33)22-19(26)20(23(27)31)29-35-22)21(18-9-6-10-34-18)24(32)28-16-7-4-3-5-8-16/h6,9-13,16,21H,3-5,7-8,26H2,1-2H3,(H2,27,31)(H,28,32)/t21-/m1/s1. The summed E-state index contributed by atoms with van der Waals surface area (Å²) in [5, 5.41) is 5.07. The molecule has 2 aromatic heterocycles. The van der Waals surface area contributed by atoms with Gasteiger partial charge in [0.05, 0.1) is 5.69 Å². The van der Waals surface area contributed by atoms with Crippen LogP contribution in [0.25, 0.3) is 0 Å². The summed E-state index contributed by atoms with van der Waals surface area (Å²) < 4.78 is 4.00. The lowest BCUT2D eigenvalue weighted by molar-refractivity contribution is -0.123. The highest BCUT2D eigenvalue weighted by atomic mass is 32.1. The molecule has 5 N–H and O–H groups in total. The molecule has 0 bridgehead atoms. The lowest BCUT2D eigenvalue weighted by atomic mass is 9.95. The number of carbonyl (C=O) groups is 3. The third kappa shape index (κ3) is 5.38. The predicted molar refractivity (Wildman–Crippen MR) is 140 cm³/mol. The highest BCUT2D eigenvalue weighted by Gasteiger charge is 2.37. The summed E-state index contributed by atoms with van der Waals surface area (Å²) in [4.78, 5) is 41.9. The Bertz CT molecular complexity index is 1210. The van der Waals surface area contributed by atoms with Crippen molar-refractivity contribution in [2.45, 2.75) is 58.0 Å². The van der Waals surface area contributed by atoms with Crippen LogP contribution < -0.4 is 21.7 Å². The maximum absolute atomic E-state index is 14.0. The minimum absolute atomic E-state index is 0.0699. The summed E-state index contributed by atoms with van der Waals surface area (Å²) in [7, 11) is 0. The van der Waals surface area contributed by atoms with Crippen LogP contribution in [0.1, 0.15) is 74.3 Å². The number of carbonyl (C=O) groups excluding carboxylic acids is 3. The van der Waals surface area contributed by atoms with Gasteiger partial charge in [-0.05, 0) is 72.9 Å². The Labute approximate surface area is 212 Å². The van der Waals surface area contributed by atoms with Crippen molar-refractivity contribution in [2.75, 3.05) is 10.6 Å². The number of nitrogens with two attached hydrogens (primary N) is 2. The zero-order chi connectivity index (χ0) is 25.1. The molecule has 0 radical (unpaired) electrons. The van der Waals surface area contributed by atoms with Gasteiger partial charge in [0, 0.05) is 16.6 Å². The van der Waals surface area contributed by atoms with Gasteiger partial charge in [-0.15, -0.1) is 11.3 Å².